The average molecular weight is 464 g/mol. The first-order valence-electron chi connectivity index (χ1n) is 9.52. The first-order valence-corrected chi connectivity index (χ1v) is 11.3. The van der Waals surface area contributed by atoms with Crippen molar-refractivity contribution >= 4 is 39.1 Å². The lowest BCUT2D eigenvalue weighted by molar-refractivity contribution is -0.121. The summed E-state index contributed by atoms with van der Waals surface area (Å²) in [4.78, 5) is 24.3. The molecule has 0 aliphatic heterocycles. The number of carbonyl (C=O) groups excluding carboxylic acids is 2. The Bertz CT molecular complexity index is 1060. The monoisotopic (exact) mass is 463 g/mol. The third-order valence-electron chi connectivity index (χ3n) is 4.02. The Morgan fingerprint density at radius 2 is 1.77 bits per heavy atom. The number of anilines is 1. The molecule has 166 valence electrons. The van der Waals surface area contributed by atoms with Gasteiger partial charge in [-0.25, -0.2) is 8.42 Å². The molecule has 7 nitrogen and oxygen atoms in total. The number of nitrogens with zero attached hydrogens (tertiary/aromatic N) is 1. The Morgan fingerprint density at radius 1 is 1.13 bits per heavy atom. The van der Waals surface area contributed by atoms with Gasteiger partial charge in [-0.15, -0.1) is 6.58 Å². The van der Waals surface area contributed by atoms with Crippen molar-refractivity contribution in [3.05, 3.63) is 71.8 Å². The zero-order valence-corrected chi connectivity index (χ0v) is 19.3. The number of benzene rings is 2. The quantitative estimate of drug-likeness (QED) is 0.587. The van der Waals surface area contributed by atoms with Crippen LogP contribution in [0, 0.1) is 0 Å². The number of halogens is 1. The first kappa shape index (κ1) is 24.4. The molecule has 0 unspecified atom stereocenters. The summed E-state index contributed by atoms with van der Waals surface area (Å²) in [5.41, 5.74) is 0.115. The largest absolute Gasteiger partial charge is 0.350 e. The molecule has 2 rings (SSSR count). The van der Waals surface area contributed by atoms with E-state index in [-0.39, 0.29) is 29.5 Å². The van der Waals surface area contributed by atoms with Crippen LogP contribution in [-0.2, 0) is 14.8 Å². The minimum absolute atomic E-state index is 0.0351. The van der Waals surface area contributed by atoms with Crippen LogP contribution in [0.25, 0.3) is 0 Å². The van der Waals surface area contributed by atoms with Crippen molar-refractivity contribution < 1.29 is 18.0 Å². The van der Waals surface area contributed by atoms with E-state index in [1.807, 2.05) is 20.8 Å². The van der Waals surface area contributed by atoms with Gasteiger partial charge in [0.1, 0.15) is 0 Å². The molecular weight excluding hydrogens is 438 g/mol. The normalized spacial score (nSPS) is 11.5. The number of carbonyl (C=O) groups is 2. The van der Waals surface area contributed by atoms with Crippen molar-refractivity contribution in [2.24, 2.45) is 0 Å². The number of sulfonamides is 1. The van der Waals surface area contributed by atoms with Gasteiger partial charge < -0.3 is 10.6 Å². The maximum Gasteiger partial charge on any atom is 0.264 e. The second-order valence-corrected chi connectivity index (χ2v) is 10.1. The highest BCUT2D eigenvalue weighted by atomic mass is 35.5. The molecule has 0 saturated heterocycles. The van der Waals surface area contributed by atoms with Gasteiger partial charge in [0, 0.05) is 16.1 Å². The highest BCUT2D eigenvalue weighted by Crippen LogP contribution is 2.25. The van der Waals surface area contributed by atoms with Crippen LogP contribution >= 0.6 is 11.6 Å². The van der Waals surface area contributed by atoms with Crippen molar-refractivity contribution in [1.29, 1.82) is 0 Å². The van der Waals surface area contributed by atoms with Crippen molar-refractivity contribution in [2.45, 2.75) is 31.2 Å². The zero-order valence-electron chi connectivity index (χ0n) is 17.7. The Kier molecular flexibility index (Phi) is 7.86. The fourth-order valence-corrected chi connectivity index (χ4v) is 4.32. The minimum atomic E-state index is -3.98. The molecule has 0 radical (unpaired) electrons. The summed E-state index contributed by atoms with van der Waals surface area (Å²) in [6.45, 7) is 8.93. The Labute approximate surface area is 188 Å². The fourth-order valence-electron chi connectivity index (χ4n) is 2.72. The Hall–Kier alpha value is -2.84. The minimum Gasteiger partial charge on any atom is -0.350 e. The molecule has 0 aromatic heterocycles. The van der Waals surface area contributed by atoms with E-state index < -0.39 is 21.5 Å². The fraction of sp³-hybridized carbons (Fsp3) is 0.273. The molecule has 0 spiro atoms. The van der Waals surface area contributed by atoms with Gasteiger partial charge in [0.05, 0.1) is 23.7 Å². The molecule has 2 amide bonds. The molecule has 0 heterocycles. The summed E-state index contributed by atoms with van der Waals surface area (Å²) in [5, 5.41) is 5.72. The van der Waals surface area contributed by atoms with Crippen LogP contribution in [0.4, 0.5) is 5.69 Å². The zero-order chi connectivity index (χ0) is 23.2. The van der Waals surface area contributed by atoms with Crippen molar-refractivity contribution in [3.8, 4) is 0 Å². The third kappa shape index (κ3) is 6.83. The van der Waals surface area contributed by atoms with Crippen LogP contribution in [0.2, 0.25) is 5.02 Å². The van der Waals surface area contributed by atoms with E-state index in [4.69, 9.17) is 11.6 Å². The molecule has 0 aliphatic rings. The van der Waals surface area contributed by atoms with Crippen LogP contribution in [-0.4, -0.2) is 38.9 Å². The number of amides is 2. The average Bonchev–Trinajstić information content (AvgIpc) is 2.70. The van der Waals surface area contributed by atoms with Gasteiger partial charge >= 0.3 is 0 Å². The van der Waals surface area contributed by atoms with E-state index in [1.54, 1.807) is 24.3 Å². The smallest absolute Gasteiger partial charge is 0.264 e. The summed E-state index contributed by atoms with van der Waals surface area (Å²) in [6, 6.07) is 12.0. The van der Waals surface area contributed by atoms with E-state index in [9.17, 15) is 18.0 Å². The second-order valence-electron chi connectivity index (χ2n) is 7.81. The number of hydrogen-bond acceptors (Lipinski definition) is 4. The maximum atomic E-state index is 13.3. The molecule has 0 bridgehead atoms. The van der Waals surface area contributed by atoms with Crippen molar-refractivity contribution in [3.63, 3.8) is 0 Å². The highest BCUT2D eigenvalue weighted by molar-refractivity contribution is 7.92. The molecule has 2 N–H and O–H groups in total. The van der Waals surface area contributed by atoms with Gasteiger partial charge in [-0.05, 0) is 63.2 Å². The standard InChI is InChI=1S/C22H26ClN3O4S/c1-5-13-26(18-11-9-17(23)10-12-18)31(29,30)19-8-6-7-16(14-19)21(28)24-15-20(27)25-22(2,3)4/h5-12,14H,1,13,15H2,2-4H3,(H,24,28)(H,25,27). The van der Waals surface area contributed by atoms with E-state index in [0.29, 0.717) is 10.7 Å². The molecule has 0 fully saturated rings. The first-order chi connectivity index (χ1) is 14.4. The predicted octanol–water partition coefficient (Wildman–Crippen LogP) is 3.37. The lowest BCUT2D eigenvalue weighted by Crippen LogP contribution is -2.45. The lowest BCUT2D eigenvalue weighted by atomic mass is 10.1. The Morgan fingerprint density at radius 3 is 2.35 bits per heavy atom. The van der Waals surface area contributed by atoms with Crippen molar-refractivity contribution in [2.75, 3.05) is 17.4 Å². The van der Waals surface area contributed by atoms with Crippen LogP contribution in [0.5, 0.6) is 0 Å². The van der Waals surface area contributed by atoms with Gasteiger partial charge in [0.25, 0.3) is 15.9 Å². The van der Waals surface area contributed by atoms with Crippen LogP contribution in [0.15, 0.2) is 66.1 Å². The van der Waals surface area contributed by atoms with Gasteiger partial charge in [-0.1, -0.05) is 23.7 Å². The van der Waals surface area contributed by atoms with E-state index in [1.165, 1.54) is 34.6 Å². The summed E-state index contributed by atoms with van der Waals surface area (Å²) >= 11 is 5.91. The number of rotatable bonds is 8. The lowest BCUT2D eigenvalue weighted by Gasteiger charge is -2.23. The summed E-state index contributed by atoms with van der Waals surface area (Å²) in [7, 11) is -3.98. The molecule has 0 saturated carbocycles. The summed E-state index contributed by atoms with van der Waals surface area (Å²) in [6.07, 6.45) is 1.47. The van der Waals surface area contributed by atoms with Gasteiger partial charge in [0.2, 0.25) is 5.91 Å². The molecule has 31 heavy (non-hydrogen) atoms. The van der Waals surface area contributed by atoms with E-state index in [2.05, 4.69) is 17.2 Å². The topological polar surface area (TPSA) is 95.6 Å². The molecule has 2 aromatic rings. The van der Waals surface area contributed by atoms with Crippen LogP contribution < -0.4 is 14.9 Å². The van der Waals surface area contributed by atoms with Crippen LogP contribution in [0.3, 0.4) is 0 Å². The van der Waals surface area contributed by atoms with E-state index in [0.717, 1.165) is 0 Å². The van der Waals surface area contributed by atoms with E-state index >= 15 is 0 Å². The number of nitrogens with one attached hydrogen (secondary N) is 2. The molecule has 0 aliphatic carbocycles. The molecule has 9 heteroatoms. The molecular formula is C22H26ClN3O4S. The van der Waals surface area contributed by atoms with Gasteiger partial charge in [-0.2, -0.15) is 0 Å². The number of hydrogen-bond donors (Lipinski definition) is 2. The molecule has 0 atom stereocenters. The van der Waals surface area contributed by atoms with Gasteiger partial charge in [0.15, 0.2) is 0 Å². The summed E-state index contributed by atoms with van der Waals surface area (Å²) < 4.78 is 27.7. The van der Waals surface area contributed by atoms with Crippen molar-refractivity contribution in [1.82, 2.24) is 10.6 Å². The summed E-state index contributed by atoms with van der Waals surface area (Å²) in [5.74, 6) is -0.896. The predicted molar refractivity (Wildman–Crippen MR) is 123 cm³/mol. The maximum absolute atomic E-state index is 13.3. The van der Waals surface area contributed by atoms with Gasteiger partial charge in [-0.3, -0.25) is 13.9 Å². The molecule has 2 aromatic carbocycles. The SMILES string of the molecule is C=CCN(c1ccc(Cl)cc1)S(=O)(=O)c1cccc(C(=O)NCC(=O)NC(C)(C)C)c1. The third-order valence-corrected chi connectivity index (χ3v) is 6.06. The van der Waals surface area contributed by atoms with Crippen LogP contribution in [0.1, 0.15) is 31.1 Å². The highest BCUT2D eigenvalue weighted by Gasteiger charge is 2.25. The second kappa shape index (κ2) is 9.98. The Balaban J connectivity index is 2.25.